The molecule has 1 aliphatic heterocycles. The van der Waals surface area contributed by atoms with E-state index < -0.39 is 0 Å². The molecule has 1 fully saturated rings. The highest BCUT2D eigenvalue weighted by Gasteiger charge is 2.16. The summed E-state index contributed by atoms with van der Waals surface area (Å²) in [5, 5.41) is 0. The van der Waals surface area contributed by atoms with E-state index >= 15 is 0 Å². The summed E-state index contributed by atoms with van der Waals surface area (Å²) in [6, 6.07) is 0.315. The molecule has 0 aromatic carbocycles. The molecule has 5 heteroatoms. The van der Waals surface area contributed by atoms with Gasteiger partial charge in [0.1, 0.15) is 6.73 Å². The van der Waals surface area contributed by atoms with E-state index in [0.29, 0.717) is 25.5 Å². The van der Waals surface area contributed by atoms with E-state index in [0.717, 1.165) is 25.9 Å². The maximum Gasteiger partial charge on any atom is 0.313 e. The van der Waals surface area contributed by atoms with E-state index in [2.05, 4.69) is 28.6 Å². The monoisotopic (exact) mass is 227 g/mol. The van der Waals surface area contributed by atoms with Crippen molar-refractivity contribution in [2.45, 2.75) is 25.9 Å². The lowest BCUT2D eigenvalue weighted by Crippen LogP contribution is -2.34. The van der Waals surface area contributed by atoms with E-state index in [9.17, 15) is 0 Å². The van der Waals surface area contributed by atoms with Crippen LogP contribution in [0.1, 0.15) is 19.8 Å². The van der Waals surface area contributed by atoms with Gasteiger partial charge in [-0.05, 0) is 33.5 Å². The van der Waals surface area contributed by atoms with Crippen molar-refractivity contribution in [1.29, 1.82) is 0 Å². The van der Waals surface area contributed by atoms with Gasteiger partial charge in [-0.15, -0.1) is 0 Å². The number of likely N-dealkylation sites (tertiary alicyclic amines) is 1. The summed E-state index contributed by atoms with van der Waals surface area (Å²) in [6.45, 7) is 8.31. The van der Waals surface area contributed by atoms with Gasteiger partial charge in [0.25, 0.3) is 0 Å². The molecule has 1 heterocycles. The van der Waals surface area contributed by atoms with Crippen LogP contribution in [0.3, 0.4) is 0 Å². The summed E-state index contributed by atoms with van der Waals surface area (Å²) >= 11 is 0. The zero-order valence-corrected chi connectivity index (χ0v) is 10.2. The average molecular weight is 227 g/mol. The van der Waals surface area contributed by atoms with Crippen LogP contribution >= 0.6 is 0 Å². The Morgan fingerprint density at radius 2 is 2.12 bits per heavy atom. The van der Waals surface area contributed by atoms with E-state index in [1.54, 1.807) is 0 Å². The maximum absolute atomic E-state index is 5.63. The minimum atomic E-state index is 0.308. The van der Waals surface area contributed by atoms with Gasteiger partial charge in [0.15, 0.2) is 0 Å². The Labute approximate surface area is 97.2 Å². The van der Waals surface area contributed by atoms with Crippen LogP contribution in [0, 0.1) is 0 Å². The number of hydrogen-bond donors (Lipinski definition) is 0. The van der Waals surface area contributed by atoms with Gasteiger partial charge in [-0.2, -0.15) is 0 Å². The van der Waals surface area contributed by atoms with Crippen LogP contribution in [0.25, 0.3) is 0 Å². The fourth-order valence-corrected chi connectivity index (χ4v) is 1.62. The summed E-state index contributed by atoms with van der Waals surface area (Å²) in [5.74, 6) is 0. The quantitative estimate of drug-likeness (QED) is 0.534. The van der Waals surface area contributed by atoms with Crippen LogP contribution in [0.4, 0.5) is 0 Å². The number of nitrogens with zero attached hydrogens (tertiary/aromatic N) is 3. The van der Waals surface area contributed by atoms with Crippen LogP contribution in [0.5, 0.6) is 0 Å². The largest absolute Gasteiger partial charge is 0.464 e. The fourth-order valence-electron chi connectivity index (χ4n) is 1.62. The summed E-state index contributed by atoms with van der Waals surface area (Å²) in [6.07, 6.45) is 2.45. The lowest BCUT2D eigenvalue weighted by molar-refractivity contribution is 0.0160. The lowest BCUT2D eigenvalue weighted by Gasteiger charge is -2.28. The average Bonchev–Trinajstić information content (AvgIpc) is 2.30. The van der Waals surface area contributed by atoms with Gasteiger partial charge in [-0.3, -0.25) is 0 Å². The summed E-state index contributed by atoms with van der Waals surface area (Å²) in [7, 11) is 2.13. The molecule has 0 aliphatic carbocycles. The van der Waals surface area contributed by atoms with Crippen molar-refractivity contribution in [1.82, 2.24) is 4.90 Å². The summed E-state index contributed by atoms with van der Waals surface area (Å²) in [5.41, 5.74) is 0. The molecule has 1 aliphatic rings. The zero-order chi connectivity index (χ0) is 11.8. The van der Waals surface area contributed by atoms with Crippen LogP contribution in [-0.4, -0.2) is 57.2 Å². The van der Waals surface area contributed by atoms with Crippen LogP contribution in [0.2, 0.25) is 0 Å². The number of piperidine rings is 1. The normalized spacial score (nSPS) is 19.8. The molecule has 0 atom stereocenters. The molecule has 92 valence electrons. The molecule has 0 bridgehead atoms. The molecule has 0 saturated carbocycles. The lowest BCUT2D eigenvalue weighted by atomic mass is 10.1. The highest BCUT2D eigenvalue weighted by Crippen LogP contribution is 2.11. The molecule has 0 unspecified atom stereocenters. The molecule has 1 rings (SSSR count). The number of amidine groups is 1. The summed E-state index contributed by atoms with van der Waals surface area (Å²) in [4.78, 5) is 10.0. The molecule has 0 spiro atoms. The van der Waals surface area contributed by atoms with Gasteiger partial charge in [0, 0.05) is 13.1 Å². The van der Waals surface area contributed by atoms with Gasteiger partial charge < -0.3 is 14.4 Å². The van der Waals surface area contributed by atoms with Crippen molar-refractivity contribution in [3.05, 3.63) is 0 Å². The van der Waals surface area contributed by atoms with Gasteiger partial charge in [0.2, 0.25) is 0 Å². The second-order valence-electron chi connectivity index (χ2n) is 3.83. The molecule has 0 radical (unpaired) electrons. The standard InChI is InChI=1S/C11H21N3O2/c1-4-15-11(12-2)13-9-16-10-5-7-14(3)8-6-10/h10H,2,4-9H2,1,3H3/b13-11+. The first-order valence-corrected chi connectivity index (χ1v) is 5.70. The van der Waals surface area contributed by atoms with Gasteiger partial charge in [-0.1, -0.05) is 0 Å². The second kappa shape index (κ2) is 7.35. The Morgan fingerprint density at radius 1 is 1.44 bits per heavy atom. The third-order valence-electron chi connectivity index (χ3n) is 2.58. The predicted molar refractivity (Wildman–Crippen MR) is 65.1 cm³/mol. The molecule has 0 amide bonds. The van der Waals surface area contributed by atoms with Crippen LogP contribution < -0.4 is 0 Å². The second-order valence-corrected chi connectivity index (χ2v) is 3.83. The van der Waals surface area contributed by atoms with Crippen LogP contribution in [-0.2, 0) is 9.47 Å². The predicted octanol–water partition coefficient (Wildman–Crippen LogP) is 1.15. The first-order valence-electron chi connectivity index (χ1n) is 5.70. The third kappa shape index (κ3) is 4.72. The molecule has 1 saturated heterocycles. The van der Waals surface area contributed by atoms with E-state index in [4.69, 9.17) is 9.47 Å². The number of aliphatic imine (C=N–C) groups is 2. The SMILES string of the molecule is C=N/C(=N\COC1CCN(C)CC1)OCC. The van der Waals surface area contributed by atoms with Crippen molar-refractivity contribution in [3.8, 4) is 0 Å². The van der Waals surface area contributed by atoms with Gasteiger partial charge >= 0.3 is 6.02 Å². The Morgan fingerprint density at radius 3 is 2.69 bits per heavy atom. The van der Waals surface area contributed by atoms with E-state index in [1.807, 2.05) is 6.92 Å². The van der Waals surface area contributed by atoms with Crippen LogP contribution in [0.15, 0.2) is 9.98 Å². The molecule has 0 N–H and O–H groups in total. The maximum atomic E-state index is 5.63. The minimum Gasteiger partial charge on any atom is -0.464 e. The van der Waals surface area contributed by atoms with Crippen molar-refractivity contribution in [2.75, 3.05) is 33.5 Å². The highest BCUT2D eigenvalue weighted by molar-refractivity contribution is 5.78. The molecule has 16 heavy (non-hydrogen) atoms. The number of ether oxygens (including phenoxy) is 2. The Kier molecular flexibility index (Phi) is 6.03. The van der Waals surface area contributed by atoms with E-state index in [-0.39, 0.29) is 0 Å². The fraction of sp³-hybridized carbons (Fsp3) is 0.818. The van der Waals surface area contributed by atoms with Gasteiger partial charge in [-0.25, -0.2) is 9.98 Å². The Hall–Kier alpha value is -0.940. The molecule has 5 nitrogen and oxygen atoms in total. The Balaban J connectivity index is 2.21. The highest BCUT2D eigenvalue weighted by atomic mass is 16.5. The first-order chi connectivity index (χ1) is 7.76. The minimum absolute atomic E-state index is 0.308. The molecule has 0 aromatic rings. The first kappa shape index (κ1) is 13.1. The van der Waals surface area contributed by atoms with Gasteiger partial charge in [0.05, 0.1) is 12.7 Å². The topological polar surface area (TPSA) is 46.4 Å². The summed E-state index contributed by atoms with van der Waals surface area (Å²) < 4.78 is 10.8. The Bertz CT molecular complexity index is 235. The molecular formula is C11H21N3O2. The van der Waals surface area contributed by atoms with E-state index in [1.165, 1.54) is 0 Å². The van der Waals surface area contributed by atoms with Crippen molar-refractivity contribution >= 4 is 12.7 Å². The zero-order valence-electron chi connectivity index (χ0n) is 10.2. The molecule has 0 aromatic heterocycles. The molecular weight excluding hydrogens is 206 g/mol. The third-order valence-corrected chi connectivity index (χ3v) is 2.58. The van der Waals surface area contributed by atoms with Crippen molar-refractivity contribution in [2.24, 2.45) is 9.98 Å². The smallest absolute Gasteiger partial charge is 0.313 e. The van der Waals surface area contributed by atoms with Crippen molar-refractivity contribution < 1.29 is 9.47 Å². The van der Waals surface area contributed by atoms with Crippen molar-refractivity contribution in [3.63, 3.8) is 0 Å². The number of rotatable bonds is 4. The number of hydrogen-bond acceptors (Lipinski definition) is 4.